The molecule has 2 aromatic carbocycles. The van der Waals surface area contributed by atoms with Crippen LogP contribution in [0.3, 0.4) is 0 Å². The highest BCUT2D eigenvalue weighted by Gasteiger charge is 2.17. The molecule has 3 rings (SSSR count). The molecular formula is C15H12F2OS2. The smallest absolute Gasteiger partial charge is 0.182 e. The molecule has 0 amide bonds. The van der Waals surface area contributed by atoms with E-state index in [0.717, 1.165) is 22.1 Å². The largest absolute Gasteiger partial charge is 0.491 e. The van der Waals surface area contributed by atoms with Crippen molar-refractivity contribution in [3.05, 3.63) is 35.9 Å². The summed E-state index contributed by atoms with van der Waals surface area (Å²) in [5.74, 6) is -0.457. The Morgan fingerprint density at radius 1 is 1.05 bits per heavy atom. The van der Waals surface area contributed by atoms with Crippen LogP contribution in [-0.2, 0) is 0 Å². The van der Waals surface area contributed by atoms with Gasteiger partial charge in [0.05, 0.1) is 16.0 Å². The second-order valence-corrected chi connectivity index (χ2v) is 6.12. The number of ether oxygens (including phenoxy) is 1. The van der Waals surface area contributed by atoms with Crippen molar-refractivity contribution in [1.82, 2.24) is 0 Å². The third-order valence-electron chi connectivity index (χ3n) is 3.14. The summed E-state index contributed by atoms with van der Waals surface area (Å²) in [6, 6.07) is 6.99. The Kier molecular flexibility index (Phi) is 3.56. The summed E-state index contributed by atoms with van der Waals surface area (Å²) in [6.45, 7) is 2.21. The summed E-state index contributed by atoms with van der Waals surface area (Å²) in [5.41, 5.74) is 0. The fourth-order valence-electron chi connectivity index (χ4n) is 2.23. The molecule has 20 heavy (non-hydrogen) atoms. The molecule has 0 aliphatic carbocycles. The van der Waals surface area contributed by atoms with Crippen LogP contribution in [0, 0.1) is 11.6 Å². The lowest BCUT2D eigenvalue weighted by atomic mass is 10.1. The van der Waals surface area contributed by atoms with Crippen LogP contribution < -0.4 is 4.74 Å². The van der Waals surface area contributed by atoms with Crippen molar-refractivity contribution in [1.29, 1.82) is 0 Å². The Morgan fingerprint density at radius 3 is 2.35 bits per heavy atom. The van der Waals surface area contributed by atoms with Gasteiger partial charge in [0.2, 0.25) is 0 Å². The fraction of sp³-hybridized carbons (Fsp3) is 0.200. The van der Waals surface area contributed by atoms with Crippen LogP contribution in [0.25, 0.3) is 20.2 Å². The molecule has 3 aromatic rings. The lowest BCUT2D eigenvalue weighted by Crippen LogP contribution is -1.93. The molecule has 5 heteroatoms. The third-order valence-corrected chi connectivity index (χ3v) is 5.10. The molecular weight excluding hydrogens is 298 g/mol. The zero-order valence-electron chi connectivity index (χ0n) is 11.0. The molecule has 1 nitrogen and oxygen atoms in total. The van der Waals surface area contributed by atoms with Crippen molar-refractivity contribution < 1.29 is 13.5 Å². The zero-order valence-corrected chi connectivity index (χ0v) is 12.6. The molecule has 0 N–H and O–H groups in total. The van der Waals surface area contributed by atoms with Crippen LogP contribution >= 0.6 is 23.1 Å². The van der Waals surface area contributed by atoms with E-state index in [-0.39, 0.29) is 11.6 Å². The Labute approximate surface area is 123 Å². The van der Waals surface area contributed by atoms with Crippen LogP contribution in [0.1, 0.15) is 6.92 Å². The van der Waals surface area contributed by atoms with E-state index in [0.29, 0.717) is 20.9 Å². The Morgan fingerprint density at radius 2 is 1.70 bits per heavy atom. The number of fused-ring (bicyclic) bond motifs is 3. The minimum Gasteiger partial charge on any atom is -0.491 e. The van der Waals surface area contributed by atoms with E-state index in [1.54, 1.807) is 25.1 Å². The van der Waals surface area contributed by atoms with E-state index in [1.807, 2.05) is 12.3 Å². The molecule has 0 fully saturated rings. The molecule has 0 radical (unpaired) electrons. The summed E-state index contributed by atoms with van der Waals surface area (Å²) in [5, 5.41) is 1.49. The molecule has 0 unspecified atom stereocenters. The summed E-state index contributed by atoms with van der Waals surface area (Å²) >= 11 is 2.49. The average Bonchev–Trinajstić information content (AvgIpc) is 2.83. The summed E-state index contributed by atoms with van der Waals surface area (Å²) in [6.07, 6.45) is 1.82. The maximum absolute atomic E-state index is 14.4. The van der Waals surface area contributed by atoms with Crippen LogP contribution in [0.5, 0.6) is 5.75 Å². The van der Waals surface area contributed by atoms with Crippen molar-refractivity contribution in [2.24, 2.45) is 0 Å². The minimum atomic E-state index is -0.407. The van der Waals surface area contributed by atoms with E-state index >= 15 is 0 Å². The SMILES string of the molecule is CCOc1ccc2c(sc3c(F)c(SC)ccc32)c1F. The molecule has 104 valence electrons. The minimum absolute atomic E-state index is 0.219. The topological polar surface area (TPSA) is 9.23 Å². The van der Waals surface area contributed by atoms with Gasteiger partial charge in [-0.15, -0.1) is 23.1 Å². The Hall–Kier alpha value is -1.33. The molecule has 0 spiro atoms. The predicted molar refractivity (Wildman–Crippen MR) is 82.2 cm³/mol. The predicted octanol–water partition coefficient (Wildman–Crippen LogP) is 5.45. The van der Waals surface area contributed by atoms with Crippen LogP contribution in [0.4, 0.5) is 8.78 Å². The number of rotatable bonds is 3. The van der Waals surface area contributed by atoms with Crippen molar-refractivity contribution in [3.63, 3.8) is 0 Å². The monoisotopic (exact) mass is 310 g/mol. The van der Waals surface area contributed by atoms with Crippen LogP contribution in [0.2, 0.25) is 0 Å². The molecule has 0 aliphatic heterocycles. The second kappa shape index (κ2) is 5.22. The van der Waals surface area contributed by atoms with Crippen molar-refractivity contribution in [2.45, 2.75) is 11.8 Å². The van der Waals surface area contributed by atoms with Gasteiger partial charge >= 0.3 is 0 Å². The Bertz CT molecular complexity index is 796. The van der Waals surface area contributed by atoms with E-state index in [9.17, 15) is 8.78 Å². The first-order valence-corrected chi connectivity index (χ1v) is 8.21. The second-order valence-electron chi connectivity index (χ2n) is 4.25. The van der Waals surface area contributed by atoms with Gasteiger partial charge in [0, 0.05) is 15.7 Å². The standard InChI is InChI=1S/C15H12F2OS2/c1-3-18-10-6-4-8-9-5-7-11(19-2)13(17)15(9)20-14(8)12(10)16/h4-7H,3H2,1-2H3. The van der Waals surface area contributed by atoms with Gasteiger partial charge in [0.1, 0.15) is 0 Å². The van der Waals surface area contributed by atoms with E-state index in [2.05, 4.69) is 0 Å². The highest BCUT2D eigenvalue weighted by atomic mass is 32.2. The average molecular weight is 310 g/mol. The maximum Gasteiger partial charge on any atom is 0.182 e. The number of hydrogen-bond acceptors (Lipinski definition) is 3. The lowest BCUT2D eigenvalue weighted by Gasteiger charge is -2.04. The van der Waals surface area contributed by atoms with Gasteiger partial charge in [-0.1, -0.05) is 6.07 Å². The van der Waals surface area contributed by atoms with Gasteiger partial charge in [-0.05, 0) is 31.4 Å². The maximum atomic E-state index is 14.4. The summed E-state index contributed by atoms with van der Waals surface area (Å²) in [7, 11) is 0. The van der Waals surface area contributed by atoms with Crippen molar-refractivity contribution in [2.75, 3.05) is 12.9 Å². The third kappa shape index (κ3) is 1.96. The van der Waals surface area contributed by atoms with Crippen LogP contribution in [-0.4, -0.2) is 12.9 Å². The lowest BCUT2D eigenvalue weighted by molar-refractivity contribution is 0.323. The molecule has 0 saturated heterocycles. The first kappa shape index (κ1) is 13.6. The normalized spacial score (nSPS) is 11.4. The molecule has 0 saturated carbocycles. The van der Waals surface area contributed by atoms with Gasteiger partial charge in [0.25, 0.3) is 0 Å². The van der Waals surface area contributed by atoms with Gasteiger partial charge in [-0.2, -0.15) is 0 Å². The van der Waals surface area contributed by atoms with E-state index in [1.165, 1.54) is 11.8 Å². The number of hydrogen-bond donors (Lipinski definition) is 0. The molecule has 0 atom stereocenters. The summed E-state index contributed by atoms with van der Waals surface area (Å²) < 4.78 is 34.9. The first-order valence-electron chi connectivity index (χ1n) is 6.17. The van der Waals surface area contributed by atoms with Gasteiger partial charge in [0.15, 0.2) is 17.4 Å². The van der Waals surface area contributed by atoms with Crippen molar-refractivity contribution >= 4 is 43.3 Å². The zero-order chi connectivity index (χ0) is 14.3. The van der Waals surface area contributed by atoms with Crippen LogP contribution in [0.15, 0.2) is 29.2 Å². The molecule has 0 aliphatic rings. The number of halogens is 2. The number of thiophene rings is 1. The summed E-state index contributed by atoms with van der Waals surface area (Å²) in [4.78, 5) is 0.578. The quantitative estimate of drug-likeness (QED) is 0.595. The first-order chi connectivity index (χ1) is 9.67. The fourth-order valence-corrected chi connectivity index (χ4v) is 3.95. The highest BCUT2D eigenvalue weighted by molar-refractivity contribution is 7.98. The van der Waals surface area contributed by atoms with E-state index in [4.69, 9.17) is 4.74 Å². The number of thioether (sulfide) groups is 1. The molecule has 1 heterocycles. The molecule has 1 aromatic heterocycles. The Balaban J connectivity index is 2.35. The van der Waals surface area contributed by atoms with Gasteiger partial charge in [-0.25, -0.2) is 8.78 Å². The van der Waals surface area contributed by atoms with Gasteiger partial charge in [-0.3, -0.25) is 0 Å². The van der Waals surface area contributed by atoms with E-state index < -0.39 is 5.82 Å². The number of benzene rings is 2. The highest BCUT2D eigenvalue weighted by Crippen LogP contribution is 2.41. The van der Waals surface area contributed by atoms with Gasteiger partial charge < -0.3 is 4.74 Å². The van der Waals surface area contributed by atoms with Crippen molar-refractivity contribution in [3.8, 4) is 5.75 Å². The molecule has 0 bridgehead atoms.